The van der Waals surface area contributed by atoms with Crippen LogP contribution in [0.25, 0.3) is 0 Å². The van der Waals surface area contributed by atoms with Gasteiger partial charge in [0.15, 0.2) is 5.78 Å². The molecular formula is C25H21Br2Cl2N3O6. The van der Waals surface area contributed by atoms with Crippen LogP contribution in [-0.4, -0.2) is 60.0 Å². The molecule has 2 aromatic carbocycles. The van der Waals surface area contributed by atoms with Crippen molar-refractivity contribution in [2.24, 2.45) is 11.8 Å². The summed E-state index contributed by atoms with van der Waals surface area (Å²) in [7, 11) is 0. The Bertz CT molecular complexity index is 1250. The standard InChI is InChI=1S/C25H21Br2Cl2N3O6/c26-19-11-17-18(12-20(19)27)25(36)31(24(17)35)30(23(34)14-3-7-16(8-4-14)32(37)38)21(9-10-28)22(33)13-1-5-15(29)6-2-13/h1-8,17-21H,9-12H2/t17-,18+,19-,20-,21-/m0/s1. The molecule has 3 amide bonds. The average molecular weight is 690 g/mol. The predicted molar refractivity (Wildman–Crippen MR) is 148 cm³/mol. The predicted octanol–water partition coefficient (Wildman–Crippen LogP) is 5.41. The Hall–Kier alpha value is -2.34. The molecule has 4 rings (SSSR count). The quantitative estimate of drug-likeness (QED) is 0.120. The Morgan fingerprint density at radius 2 is 1.47 bits per heavy atom. The first-order valence-electron chi connectivity index (χ1n) is 11.6. The van der Waals surface area contributed by atoms with Crippen molar-refractivity contribution < 1.29 is 24.1 Å². The minimum absolute atomic E-state index is 0.0358. The lowest BCUT2D eigenvalue weighted by molar-refractivity contribution is -0.384. The van der Waals surface area contributed by atoms with Crippen LogP contribution in [0.1, 0.15) is 40.0 Å². The summed E-state index contributed by atoms with van der Waals surface area (Å²) < 4.78 is 0. The Balaban J connectivity index is 1.80. The van der Waals surface area contributed by atoms with Gasteiger partial charge in [0.1, 0.15) is 6.04 Å². The number of hydrogen-bond acceptors (Lipinski definition) is 6. The maximum Gasteiger partial charge on any atom is 0.273 e. The van der Waals surface area contributed by atoms with E-state index in [1.807, 2.05) is 0 Å². The van der Waals surface area contributed by atoms with Crippen LogP contribution in [0.2, 0.25) is 5.02 Å². The van der Waals surface area contributed by atoms with Crippen molar-refractivity contribution in [2.45, 2.75) is 35.0 Å². The number of imide groups is 1. The number of ketones is 1. The number of fused-ring (bicyclic) bond motifs is 1. The van der Waals surface area contributed by atoms with E-state index < -0.39 is 46.3 Å². The number of nitro groups is 1. The first-order valence-corrected chi connectivity index (χ1v) is 14.4. The second-order valence-electron chi connectivity index (χ2n) is 9.02. The molecule has 0 spiro atoms. The topological polar surface area (TPSA) is 118 Å². The van der Waals surface area contributed by atoms with E-state index in [1.54, 1.807) is 0 Å². The summed E-state index contributed by atoms with van der Waals surface area (Å²) >= 11 is 19.1. The summed E-state index contributed by atoms with van der Waals surface area (Å²) in [5, 5.41) is 13.2. The van der Waals surface area contributed by atoms with Gasteiger partial charge in [-0.05, 0) is 55.7 Å². The fraction of sp³-hybridized carbons (Fsp3) is 0.360. The van der Waals surface area contributed by atoms with Gasteiger partial charge >= 0.3 is 0 Å². The van der Waals surface area contributed by atoms with Gasteiger partial charge in [-0.3, -0.25) is 29.3 Å². The zero-order valence-corrected chi connectivity index (χ0v) is 24.3. The van der Waals surface area contributed by atoms with E-state index in [1.165, 1.54) is 36.4 Å². The normalized spacial score (nSPS) is 23.6. The Morgan fingerprint density at radius 1 is 0.974 bits per heavy atom. The van der Waals surface area contributed by atoms with Gasteiger partial charge in [-0.15, -0.1) is 11.6 Å². The minimum Gasteiger partial charge on any atom is -0.292 e. The second-order valence-corrected chi connectivity index (χ2v) is 12.2. The number of hydrogen-bond donors (Lipinski definition) is 0. The summed E-state index contributed by atoms with van der Waals surface area (Å²) in [4.78, 5) is 65.3. The van der Waals surface area contributed by atoms with Crippen LogP contribution in [0.5, 0.6) is 0 Å². The molecule has 0 bridgehead atoms. The molecule has 0 aromatic heterocycles. The van der Waals surface area contributed by atoms with Gasteiger partial charge in [-0.2, -0.15) is 5.01 Å². The molecule has 0 radical (unpaired) electrons. The Morgan fingerprint density at radius 3 is 1.95 bits per heavy atom. The molecule has 0 unspecified atom stereocenters. The molecule has 2 aliphatic rings. The number of hydrazine groups is 1. The lowest BCUT2D eigenvalue weighted by Gasteiger charge is -2.36. The van der Waals surface area contributed by atoms with E-state index in [0.717, 1.165) is 22.2 Å². The summed E-state index contributed by atoms with van der Waals surface area (Å²) in [6.45, 7) is 0. The fourth-order valence-corrected chi connectivity index (χ4v) is 6.36. The zero-order chi connectivity index (χ0) is 27.7. The van der Waals surface area contributed by atoms with E-state index in [9.17, 15) is 29.3 Å². The van der Waals surface area contributed by atoms with Crippen LogP contribution >= 0.6 is 55.1 Å². The van der Waals surface area contributed by atoms with Gasteiger partial charge in [0.25, 0.3) is 23.4 Å². The van der Waals surface area contributed by atoms with Crippen molar-refractivity contribution in [3.63, 3.8) is 0 Å². The van der Waals surface area contributed by atoms with Crippen LogP contribution < -0.4 is 0 Å². The molecule has 2 aromatic rings. The van der Waals surface area contributed by atoms with E-state index in [2.05, 4.69) is 31.9 Å². The van der Waals surface area contributed by atoms with Gasteiger partial charge in [-0.1, -0.05) is 43.5 Å². The summed E-state index contributed by atoms with van der Waals surface area (Å²) in [6, 6.07) is 9.42. The number of nitrogens with zero attached hydrogens (tertiary/aromatic N) is 3. The maximum atomic E-state index is 13.9. The van der Waals surface area contributed by atoms with Crippen LogP contribution in [-0.2, 0) is 9.59 Å². The lowest BCUT2D eigenvalue weighted by Crippen LogP contribution is -2.57. The van der Waals surface area contributed by atoms with Crippen LogP contribution in [0.4, 0.5) is 5.69 Å². The fourth-order valence-electron chi connectivity index (χ4n) is 4.79. The van der Waals surface area contributed by atoms with Crippen LogP contribution in [0.15, 0.2) is 48.5 Å². The Labute approximate surface area is 244 Å². The number of alkyl halides is 3. The lowest BCUT2D eigenvalue weighted by atomic mass is 9.81. The summed E-state index contributed by atoms with van der Waals surface area (Å²) in [6.07, 6.45) is 0.676. The van der Waals surface area contributed by atoms with Gasteiger partial charge in [0, 0.05) is 43.8 Å². The maximum absolute atomic E-state index is 13.9. The highest BCUT2D eigenvalue weighted by Gasteiger charge is 2.56. The molecular weight excluding hydrogens is 669 g/mol. The number of halogens is 4. The van der Waals surface area contributed by atoms with Gasteiger partial charge < -0.3 is 0 Å². The smallest absolute Gasteiger partial charge is 0.273 e. The van der Waals surface area contributed by atoms with E-state index in [4.69, 9.17) is 23.2 Å². The highest BCUT2D eigenvalue weighted by atomic mass is 79.9. The van der Waals surface area contributed by atoms with Crippen LogP contribution in [0, 0.1) is 22.0 Å². The number of nitro benzene ring substituents is 1. The SMILES string of the molecule is O=C(c1ccc(Cl)cc1)[C@H](CCCl)N(C(=O)c1ccc([N+](=O)[O-])cc1)N1C(=O)[C@H]2C[C@H](Br)[C@@H](Br)C[C@H]2C1=O. The molecule has 38 heavy (non-hydrogen) atoms. The number of amides is 3. The largest absolute Gasteiger partial charge is 0.292 e. The number of rotatable bonds is 8. The molecule has 13 heteroatoms. The van der Waals surface area contributed by atoms with Gasteiger partial charge in [-0.25, -0.2) is 5.01 Å². The highest BCUT2D eigenvalue weighted by molar-refractivity contribution is 9.12. The molecule has 9 nitrogen and oxygen atoms in total. The average Bonchev–Trinajstić information content (AvgIpc) is 3.13. The third-order valence-electron chi connectivity index (χ3n) is 6.75. The summed E-state index contributed by atoms with van der Waals surface area (Å²) in [5.74, 6) is -3.92. The molecule has 1 aliphatic carbocycles. The molecule has 0 N–H and O–H groups in total. The monoisotopic (exact) mass is 687 g/mol. The van der Waals surface area contributed by atoms with Crippen molar-refractivity contribution in [3.8, 4) is 0 Å². The third kappa shape index (κ3) is 5.52. The number of carbonyl (C=O) groups excluding carboxylic acids is 4. The number of non-ortho nitro benzene ring substituents is 1. The number of benzene rings is 2. The van der Waals surface area contributed by atoms with Crippen molar-refractivity contribution in [1.82, 2.24) is 10.0 Å². The van der Waals surface area contributed by atoms with Gasteiger partial charge in [0.05, 0.1) is 16.8 Å². The molecule has 1 saturated carbocycles. The molecule has 5 atom stereocenters. The summed E-state index contributed by atoms with van der Waals surface area (Å²) in [5.41, 5.74) is -0.0661. The first kappa shape index (κ1) is 28.7. The minimum atomic E-state index is -1.30. The molecule has 200 valence electrons. The zero-order valence-electron chi connectivity index (χ0n) is 19.6. The van der Waals surface area contributed by atoms with Crippen molar-refractivity contribution in [3.05, 3.63) is 74.8 Å². The van der Waals surface area contributed by atoms with E-state index in [0.29, 0.717) is 17.9 Å². The van der Waals surface area contributed by atoms with E-state index >= 15 is 0 Å². The van der Waals surface area contributed by atoms with Crippen molar-refractivity contribution >= 4 is 84.3 Å². The molecule has 1 saturated heterocycles. The number of carbonyl (C=O) groups is 4. The Kier molecular flexibility index (Phi) is 8.91. The second kappa shape index (κ2) is 11.8. The molecule has 1 aliphatic heterocycles. The van der Waals surface area contributed by atoms with E-state index in [-0.39, 0.29) is 38.8 Å². The number of Topliss-reactive ketones (excluding diaryl/α,β-unsaturated/α-hetero) is 1. The molecule has 2 fully saturated rings. The third-order valence-corrected chi connectivity index (χ3v) is 9.95. The van der Waals surface area contributed by atoms with Crippen molar-refractivity contribution in [1.29, 1.82) is 0 Å². The first-order chi connectivity index (χ1) is 18.0. The van der Waals surface area contributed by atoms with Gasteiger partial charge in [0.2, 0.25) is 0 Å². The molecule has 1 heterocycles. The van der Waals surface area contributed by atoms with Crippen LogP contribution in [0.3, 0.4) is 0 Å². The van der Waals surface area contributed by atoms with Crippen molar-refractivity contribution in [2.75, 3.05) is 5.88 Å². The highest BCUT2D eigenvalue weighted by Crippen LogP contribution is 2.44.